The van der Waals surface area contributed by atoms with E-state index in [0.29, 0.717) is 0 Å². The van der Waals surface area contributed by atoms with Gasteiger partial charge in [0.1, 0.15) is 0 Å². The number of benzene rings is 2. The van der Waals surface area contributed by atoms with Crippen LogP contribution in [0.5, 0.6) is 0 Å². The van der Waals surface area contributed by atoms with Crippen LogP contribution in [0, 0.1) is 0 Å². The zero-order chi connectivity index (χ0) is 16.9. The quantitative estimate of drug-likeness (QED) is 0.744. The van der Waals surface area contributed by atoms with Gasteiger partial charge >= 0.3 is 0 Å². The van der Waals surface area contributed by atoms with Gasteiger partial charge in [0, 0.05) is 48.3 Å². The third-order valence-corrected chi connectivity index (χ3v) is 4.95. The van der Waals surface area contributed by atoms with Crippen molar-refractivity contribution in [3.05, 3.63) is 69.7 Å². The van der Waals surface area contributed by atoms with Gasteiger partial charge in [-0.05, 0) is 24.6 Å². The molecular weight excluding hydrogens is 341 g/mol. The van der Waals surface area contributed by atoms with Gasteiger partial charge in [0.15, 0.2) is 0 Å². The van der Waals surface area contributed by atoms with Crippen molar-refractivity contribution in [3.63, 3.8) is 0 Å². The average Bonchev–Trinajstić information content (AvgIpc) is 2.59. The molecule has 0 aliphatic carbocycles. The number of hydrogen-bond donors (Lipinski definition) is 0. The van der Waals surface area contributed by atoms with Crippen LogP contribution < -0.4 is 0 Å². The second kappa shape index (κ2) is 8.02. The lowest BCUT2D eigenvalue weighted by Gasteiger charge is -2.33. The van der Waals surface area contributed by atoms with Crippen LogP contribution in [0.3, 0.4) is 0 Å². The van der Waals surface area contributed by atoms with Gasteiger partial charge in [-0.15, -0.1) is 0 Å². The second-order valence-corrected chi connectivity index (χ2v) is 6.80. The summed E-state index contributed by atoms with van der Waals surface area (Å²) in [6.45, 7) is 6.67. The van der Waals surface area contributed by atoms with E-state index in [1.54, 1.807) is 0 Å². The third-order valence-electron chi connectivity index (χ3n) is 4.26. The molecule has 2 aromatic rings. The standard InChI is InChI=1S/C19H21Cl2N3/c1-15(17-7-3-5-9-19(17)21)22-24-12-10-23(11-13-24)14-16-6-2-4-8-18(16)20/h2-9H,10-14H2,1H3/b22-15+. The van der Waals surface area contributed by atoms with Crippen LogP contribution in [-0.4, -0.2) is 41.8 Å². The molecule has 2 aromatic carbocycles. The number of rotatable bonds is 4. The molecule has 1 heterocycles. The SMILES string of the molecule is C/C(=N\N1CCN(Cc2ccccc2Cl)CC1)c1ccccc1Cl. The minimum Gasteiger partial charge on any atom is -0.295 e. The highest BCUT2D eigenvalue weighted by molar-refractivity contribution is 6.34. The number of hydrogen-bond acceptors (Lipinski definition) is 3. The summed E-state index contributed by atoms with van der Waals surface area (Å²) in [6, 6.07) is 15.9. The maximum atomic E-state index is 6.25. The Bertz CT molecular complexity index is 722. The number of nitrogens with zero attached hydrogens (tertiary/aromatic N) is 3. The molecule has 0 amide bonds. The summed E-state index contributed by atoms with van der Waals surface area (Å²) in [5.41, 5.74) is 3.14. The number of piperazine rings is 1. The fourth-order valence-corrected chi connectivity index (χ4v) is 3.35. The van der Waals surface area contributed by atoms with Crippen molar-refractivity contribution in [1.29, 1.82) is 0 Å². The third kappa shape index (κ3) is 4.29. The molecule has 0 N–H and O–H groups in total. The van der Waals surface area contributed by atoms with E-state index in [1.807, 2.05) is 49.4 Å². The lowest BCUT2D eigenvalue weighted by Crippen LogP contribution is -2.43. The highest BCUT2D eigenvalue weighted by atomic mass is 35.5. The molecule has 24 heavy (non-hydrogen) atoms. The van der Waals surface area contributed by atoms with E-state index in [4.69, 9.17) is 28.3 Å². The Kier molecular flexibility index (Phi) is 5.77. The fraction of sp³-hybridized carbons (Fsp3) is 0.316. The summed E-state index contributed by atoms with van der Waals surface area (Å²) in [5.74, 6) is 0. The second-order valence-electron chi connectivity index (χ2n) is 5.99. The van der Waals surface area contributed by atoms with Gasteiger partial charge in [0.25, 0.3) is 0 Å². The van der Waals surface area contributed by atoms with E-state index in [1.165, 1.54) is 5.56 Å². The van der Waals surface area contributed by atoms with Gasteiger partial charge in [-0.1, -0.05) is 59.6 Å². The van der Waals surface area contributed by atoms with Crippen molar-refractivity contribution in [2.75, 3.05) is 26.2 Å². The molecule has 3 nitrogen and oxygen atoms in total. The Hall–Kier alpha value is -1.55. The van der Waals surface area contributed by atoms with Crippen LogP contribution in [0.1, 0.15) is 18.1 Å². The topological polar surface area (TPSA) is 18.8 Å². The first-order valence-electron chi connectivity index (χ1n) is 8.14. The summed E-state index contributed by atoms with van der Waals surface area (Å²) in [4.78, 5) is 2.41. The Morgan fingerprint density at radius 1 is 0.917 bits per heavy atom. The molecule has 0 radical (unpaired) electrons. The Morgan fingerprint density at radius 2 is 1.54 bits per heavy atom. The molecule has 0 aromatic heterocycles. The fourth-order valence-electron chi connectivity index (χ4n) is 2.88. The maximum Gasteiger partial charge on any atom is 0.0661 e. The van der Waals surface area contributed by atoms with E-state index in [2.05, 4.69) is 16.0 Å². The normalized spacial score (nSPS) is 16.5. The van der Waals surface area contributed by atoms with Crippen molar-refractivity contribution in [3.8, 4) is 0 Å². The Balaban J connectivity index is 1.58. The van der Waals surface area contributed by atoms with E-state index in [0.717, 1.165) is 54.0 Å². The van der Waals surface area contributed by atoms with Crippen LogP contribution in [0.2, 0.25) is 10.0 Å². The molecule has 0 saturated carbocycles. The van der Waals surface area contributed by atoms with E-state index in [-0.39, 0.29) is 0 Å². The maximum absolute atomic E-state index is 6.25. The minimum atomic E-state index is 0.746. The van der Waals surface area contributed by atoms with Gasteiger partial charge in [-0.2, -0.15) is 5.10 Å². The molecule has 126 valence electrons. The lowest BCUT2D eigenvalue weighted by atomic mass is 10.1. The summed E-state index contributed by atoms with van der Waals surface area (Å²) in [5, 5.41) is 8.45. The van der Waals surface area contributed by atoms with Gasteiger partial charge in [0.2, 0.25) is 0 Å². The highest BCUT2D eigenvalue weighted by Gasteiger charge is 2.17. The van der Waals surface area contributed by atoms with Crippen molar-refractivity contribution in [2.45, 2.75) is 13.5 Å². The molecule has 3 rings (SSSR count). The van der Waals surface area contributed by atoms with Gasteiger partial charge in [-0.3, -0.25) is 9.91 Å². The van der Waals surface area contributed by atoms with Gasteiger partial charge < -0.3 is 0 Å². The number of halogens is 2. The molecule has 0 atom stereocenters. The van der Waals surface area contributed by atoms with Crippen LogP contribution >= 0.6 is 23.2 Å². The monoisotopic (exact) mass is 361 g/mol. The number of hydrazone groups is 1. The molecule has 1 aliphatic rings. The van der Waals surface area contributed by atoms with Crippen molar-refractivity contribution in [2.24, 2.45) is 5.10 Å². The molecule has 0 unspecified atom stereocenters. The first-order chi connectivity index (χ1) is 11.6. The summed E-state index contributed by atoms with van der Waals surface area (Å²) < 4.78 is 0. The minimum absolute atomic E-state index is 0.746. The van der Waals surface area contributed by atoms with Crippen molar-refractivity contribution >= 4 is 28.9 Å². The summed E-state index contributed by atoms with van der Waals surface area (Å²) >= 11 is 12.5. The van der Waals surface area contributed by atoms with Crippen LogP contribution in [0.25, 0.3) is 0 Å². The van der Waals surface area contributed by atoms with Gasteiger partial charge in [-0.25, -0.2) is 0 Å². The molecule has 1 fully saturated rings. The van der Waals surface area contributed by atoms with Crippen LogP contribution in [0.15, 0.2) is 53.6 Å². The molecule has 0 bridgehead atoms. The smallest absolute Gasteiger partial charge is 0.0661 e. The zero-order valence-corrected chi connectivity index (χ0v) is 15.3. The zero-order valence-electron chi connectivity index (χ0n) is 13.8. The Labute approximate surface area is 153 Å². The van der Waals surface area contributed by atoms with Gasteiger partial charge in [0.05, 0.1) is 5.71 Å². The van der Waals surface area contributed by atoms with Crippen molar-refractivity contribution in [1.82, 2.24) is 9.91 Å². The molecule has 5 heteroatoms. The van der Waals surface area contributed by atoms with Crippen LogP contribution in [0.4, 0.5) is 0 Å². The molecular formula is C19H21Cl2N3. The van der Waals surface area contributed by atoms with E-state index >= 15 is 0 Å². The average molecular weight is 362 g/mol. The summed E-state index contributed by atoms with van der Waals surface area (Å²) in [6.07, 6.45) is 0. The first-order valence-corrected chi connectivity index (χ1v) is 8.90. The first kappa shape index (κ1) is 17.3. The largest absolute Gasteiger partial charge is 0.295 e. The van der Waals surface area contributed by atoms with Crippen LogP contribution in [-0.2, 0) is 6.54 Å². The van der Waals surface area contributed by atoms with E-state index in [9.17, 15) is 0 Å². The molecule has 1 aliphatic heterocycles. The van der Waals surface area contributed by atoms with E-state index < -0.39 is 0 Å². The predicted molar refractivity (Wildman–Crippen MR) is 102 cm³/mol. The lowest BCUT2D eigenvalue weighted by molar-refractivity contribution is 0.130. The predicted octanol–water partition coefficient (Wildman–Crippen LogP) is 4.54. The van der Waals surface area contributed by atoms with Crippen molar-refractivity contribution < 1.29 is 0 Å². The molecule has 0 spiro atoms. The molecule has 1 saturated heterocycles. The summed E-state index contributed by atoms with van der Waals surface area (Å²) in [7, 11) is 0. The Morgan fingerprint density at radius 3 is 2.21 bits per heavy atom. The highest BCUT2D eigenvalue weighted by Crippen LogP contribution is 2.19.